The van der Waals surface area contributed by atoms with Gasteiger partial charge in [0, 0.05) is 29.7 Å². The van der Waals surface area contributed by atoms with Gasteiger partial charge >= 0.3 is 0 Å². The molecule has 1 atom stereocenters. The summed E-state index contributed by atoms with van der Waals surface area (Å²) in [5, 5.41) is 5.25. The molecule has 2 aromatic rings. The van der Waals surface area contributed by atoms with Crippen molar-refractivity contribution in [1.82, 2.24) is 15.2 Å². The highest BCUT2D eigenvalue weighted by atomic mass is 32.1. The van der Waals surface area contributed by atoms with Crippen LogP contribution in [-0.2, 0) is 0 Å². The van der Waals surface area contributed by atoms with E-state index in [9.17, 15) is 4.79 Å². The Hall–Kier alpha value is -1.72. The maximum atomic E-state index is 12.5. The molecule has 1 amide bonds. The van der Waals surface area contributed by atoms with Crippen molar-refractivity contribution in [3.8, 4) is 11.3 Å². The highest BCUT2D eigenvalue weighted by molar-refractivity contribution is 7.12. The minimum atomic E-state index is 0.0610. The quantitative estimate of drug-likeness (QED) is 0.947. The molecule has 5 heterocycles. The monoisotopic (exact) mass is 313 g/mol. The minimum absolute atomic E-state index is 0.0610. The number of fused-ring (bicyclic) bond motifs is 3. The van der Waals surface area contributed by atoms with Gasteiger partial charge in [-0.2, -0.15) is 0 Å². The predicted octanol–water partition coefficient (Wildman–Crippen LogP) is 2.63. The van der Waals surface area contributed by atoms with Crippen LogP contribution < -0.4 is 5.32 Å². The van der Waals surface area contributed by atoms with E-state index in [1.54, 1.807) is 6.20 Å². The van der Waals surface area contributed by atoms with Crippen molar-refractivity contribution < 1.29 is 4.79 Å². The second-order valence-electron chi connectivity index (χ2n) is 6.13. The van der Waals surface area contributed by atoms with E-state index in [-0.39, 0.29) is 5.91 Å². The van der Waals surface area contributed by atoms with Crippen LogP contribution in [0.2, 0.25) is 0 Å². The van der Waals surface area contributed by atoms with Crippen LogP contribution in [-0.4, -0.2) is 41.5 Å². The summed E-state index contributed by atoms with van der Waals surface area (Å²) in [6, 6.07) is 8.10. The number of pyridine rings is 1. The van der Waals surface area contributed by atoms with E-state index in [0.29, 0.717) is 12.0 Å². The molecule has 3 fully saturated rings. The lowest BCUT2D eigenvalue weighted by atomic mass is 9.84. The Balaban J connectivity index is 1.46. The zero-order valence-electron chi connectivity index (χ0n) is 12.4. The summed E-state index contributed by atoms with van der Waals surface area (Å²) in [4.78, 5) is 20.1. The van der Waals surface area contributed by atoms with Crippen molar-refractivity contribution in [3.63, 3.8) is 0 Å². The molecule has 1 N–H and O–H groups in total. The van der Waals surface area contributed by atoms with E-state index in [4.69, 9.17) is 0 Å². The first-order chi connectivity index (χ1) is 10.8. The van der Waals surface area contributed by atoms with Gasteiger partial charge in [0.15, 0.2) is 0 Å². The number of rotatable bonds is 3. The van der Waals surface area contributed by atoms with Crippen LogP contribution in [0.15, 0.2) is 35.8 Å². The molecule has 3 saturated heterocycles. The third-order valence-corrected chi connectivity index (χ3v) is 5.69. The molecule has 0 aliphatic carbocycles. The van der Waals surface area contributed by atoms with Gasteiger partial charge < -0.3 is 10.2 Å². The molecule has 0 radical (unpaired) electrons. The first-order valence-electron chi connectivity index (χ1n) is 7.83. The summed E-state index contributed by atoms with van der Waals surface area (Å²) in [5.41, 5.74) is 1.94. The molecule has 1 unspecified atom stereocenters. The van der Waals surface area contributed by atoms with Gasteiger partial charge in [-0.15, -0.1) is 11.3 Å². The maximum Gasteiger partial charge on any atom is 0.261 e. The highest BCUT2D eigenvalue weighted by Crippen LogP contribution is 2.28. The average Bonchev–Trinajstić information content (AvgIpc) is 3.07. The summed E-state index contributed by atoms with van der Waals surface area (Å²) in [6.45, 7) is 3.40. The molecule has 2 bridgehead atoms. The Kier molecular flexibility index (Phi) is 3.68. The van der Waals surface area contributed by atoms with Gasteiger partial charge in [0.05, 0.1) is 10.6 Å². The van der Waals surface area contributed by atoms with E-state index >= 15 is 0 Å². The second-order valence-corrected chi connectivity index (χ2v) is 7.04. The first-order valence-corrected chi connectivity index (χ1v) is 8.71. The number of amides is 1. The lowest BCUT2D eigenvalue weighted by molar-refractivity contribution is 0.0622. The lowest BCUT2D eigenvalue weighted by Crippen LogP contribution is -2.57. The van der Waals surface area contributed by atoms with E-state index < -0.39 is 0 Å². The molecule has 3 aliphatic rings. The predicted molar refractivity (Wildman–Crippen MR) is 88.0 cm³/mol. The number of thiophene rings is 1. The lowest BCUT2D eigenvalue weighted by Gasteiger charge is -2.44. The van der Waals surface area contributed by atoms with Crippen molar-refractivity contribution in [1.29, 1.82) is 0 Å². The number of hydrogen-bond acceptors (Lipinski definition) is 4. The van der Waals surface area contributed by atoms with Gasteiger partial charge in [0.25, 0.3) is 5.91 Å². The number of piperidine rings is 3. The molecular weight excluding hydrogens is 294 g/mol. The van der Waals surface area contributed by atoms with E-state index in [1.165, 1.54) is 37.3 Å². The average molecular weight is 313 g/mol. The van der Waals surface area contributed by atoms with Crippen molar-refractivity contribution >= 4 is 17.2 Å². The molecule has 5 rings (SSSR count). The topological polar surface area (TPSA) is 45.2 Å². The summed E-state index contributed by atoms with van der Waals surface area (Å²) < 4.78 is 0. The summed E-state index contributed by atoms with van der Waals surface area (Å²) in [6.07, 6.45) is 4.21. The van der Waals surface area contributed by atoms with Gasteiger partial charge in [0.1, 0.15) is 0 Å². The summed E-state index contributed by atoms with van der Waals surface area (Å²) in [7, 11) is 0. The van der Waals surface area contributed by atoms with Crippen molar-refractivity contribution in [2.24, 2.45) is 5.92 Å². The zero-order valence-corrected chi connectivity index (χ0v) is 13.2. The fourth-order valence-electron chi connectivity index (χ4n) is 3.49. The largest absolute Gasteiger partial charge is 0.347 e. The SMILES string of the molecule is O=C(NC1CN2CCC1CC2)c1cc(-c2ccccn2)cs1. The Labute approximate surface area is 134 Å². The molecule has 0 aromatic carbocycles. The fourth-order valence-corrected chi connectivity index (χ4v) is 4.29. The number of nitrogens with one attached hydrogen (secondary N) is 1. The number of nitrogens with zero attached hydrogens (tertiary/aromatic N) is 2. The Morgan fingerprint density at radius 2 is 2.18 bits per heavy atom. The standard InChI is InChI=1S/C17H19N3OS/c21-17(19-15-10-20-7-4-12(15)5-8-20)16-9-13(11-22-16)14-3-1-2-6-18-14/h1-3,6,9,11-12,15H,4-5,7-8,10H2,(H,19,21). The van der Waals surface area contributed by atoms with Crippen LogP contribution in [0.4, 0.5) is 0 Å². The van der Waals surface area contributed by atoms with E-state index in [2.05, 4.69) is 15.2 Å². The van der Waals surface area contributed by atoms with Crippen LogP contribution in [0, 0.1) is 5.92 Å². The number of aromatic nitrogens is 1. The Bertz CT molecular complexity index is 662. The first kappa shape index (κ1) is 13.9. The van der Waals surface area contributed by atoms with Crippen molar-refractivity contribution in [2.45, 2.75) is 18.9 Å². The fraction of sp³-hybridized carbons (Fsp3) is 0.412. The second kappa shape index (κ2) is 5.82. The molecule has 4 nitrogen and oxygen atoms in total. The van der Waals surface area contributed by atoms with Crippen molar-refractivity contribution in [3.05, 3.63) is 40.7 Å². The highest BCUT2D eigenvalue weighted by Gasteiger charge is 2.35. The number of carbonyl (C=O) groups is 1. The summed E-state index contributed by atoms with van der Waals surface area (Å²) >= 11 is 1.50. The normalized spacial score (nSPS) is 26.8. The Morgan fingerprint density at radius 1 is 1.32 bits per heavy atom. The molecule has 114 valence electrons. The molecule has 5 heteroatoms. The number of hydrogen-bond donors (Lipinski definition) is 1. The smallest absolute Gasteiger partial charge is 0.261 e. The van der Waals surface area contributed by atoms with Gasteiger partial charge in [-0.25, -0.2) is 0 Å². The van der Waals surface area contributed by atoms with Gasteiger partial charge in [-0.1, -0.05) is 6.07 Å². The molecule has 3 aliphatic heterocycles. The minimum Gasteiger partial charge on any atom is -0.347 e. The number of carbonyl (C=O) groups excluding carboxylic acids is 1. The van der Waals surface area contributed by atoms with Crippen LogP contribution in [0.5, 0.6) is 0 Å². The summed E-state index contributed by atoms with van der Waals surface area (Å²) in [5.74, 6) is 0.718. The van der Waals surface area contributed by atoms with E-state index in [0.717, 1.165) is 22.7 Å². The molecular formula is C17H19N3OS. The molecule has 0 spiro atoms. The third-order valence-electron chi connectivity index (χ3n) is 4.76. The van der Waals surface area contributed by atoms with Crippen LogP contribution in [0.25, 0.3) is 11.3 Å². The third kappa shape index (κ3) is 2.66. The maximum absolute atomic E-state index is 12.5. The van der Waals surface area contributed by atoms with Crippen LogP contribution in [0.1, 0.15) is 22.5 Å². The van der Waals surface area contributed by atoms with E-state index in [1.807, 2.05) is 29.6 Å². The van der Waals surface area contributed by atoms with Gasteiger partial charge in [-0.3, -0.25) is 9.78 Å². The van der Waals surface area contributed by atoms with Crippen LogP contribution in [0.3, 0.4) is 0 Å². The Morgan fingerprint density at radius 3 is 2.86 bits per heavy atom. The van der Waals surface area contributed by atoms with Gasteiger partial charge in [-0.05, 0) is 50.0 Å². The van der Waals surface area contributed by atoms with Crippen LogP contribution >= 0.6 is 11.3 Å². The van der Waals surface area contributed by atoms with Crippen molar-refractivity contribution in [2.75, 3.05) is 19.6 Å². The van der Waals surface area contributed by atoms with Gasteiger partial charge in [0.2, 0.25) is 0 Å². The zero-order chi connectivity index (χ0) is 14.9. The molecule has 2 aromatic heterocycles. The molecule has 22 heavy (non-hydrogen) atoms. The molecule has 0 saturated carbocycles.